The van der Waals surface area contributed by atoms with Gasteiger partial charge in [0.15, 0.2) is 0 Å². The van der Waals surface area contributed by atoms with E-state index in [4.69, 9.17) is 4.74 Å². The van der Waals surface area contributed by atoms with Gasteiger partial charge in [0.25, 0.3) is 0 Å². The molecular formula is C17H35NO. The summed E-state index contributed by atoms with van der Waals surface area (Å²) in [5.41, 5.74) is 0.457. The van der Waals surface area contributed by atoms with Gasteiger partial charge in [-0.05, 0) is 19.4 Å². The highest BCUT2D eigenvalue weighted by Crippen LogP contribution is 2.33. The first-order valence-corrected chi connectivity index (χ1v) is 8.61. The van der Waals surface area contributed by atoms with Gasteiger partial charge < -0.3 is 10.1 Å². The summed E-state index contributed by atoms with van der Waals surface area (Å²) in [6, 6.07) is 0. The van der Waals surface area contributed by atoms with Crippen molar-refractivity contribution in [1.29, 1.82) is 0 Å². The number of nitrogens with one attached hydrogen (secondary N) is 1. The van der Waals surface area contributed by atoms with Gasteiger partial charge in [-0.2, -0.15) is 0 Å². The third-order valence-corrected chi connectivity index (χ3v) is 4.50. The maximum Gasteiger partial charge on any atom is 0.0535 e. The molecule has 2 nitrogen and oxygen atoms in total. The second-order valence-corrected chi connectivity index (χ2v) is 6.31. The lowest BCUT2D eigenvalue weighted by Crippen LogP contribution is -2.34. The summed E-state index contributed by atoms with van der Waals surface area (Å²) in [6.45, 7) is 8.67. The van der Waals surface area contributed by atoms with Crippen molar-refractivity contribution in [3.05, 3.63) is 0 Å². The molecule has 0 aliphatic carbocycles. The Morgan fingerprint density at radius 3 is 2.21 bits per heavy atom. The number of ether oxygens (including phenoxy) is 1. The summed E-state index contributed by atoms with van der Waals surface area (Å²) in [6.07, 6.45) is 14.0. The van der Waals surface area contributed by atoms with Crippen molar-refractivity contribution >= 4 is 0 Å². The van der Waals surface area contributed by atoms with Gasteiger partial charge in [0, 0.05) is 18.6 Å². The van der Waals surface area contributed by atoms with Crippen LogP contribution in [0.25, 0.3) is 0 Å². The van der Waals surface area contributed by atoms with E-state index >= 15 is 0 Å². The van der Waals surface area contributed by atoms with Gasteiger partial charge in [-0.25, -0.2) is 0 Å². The Hall–Kier alpha value is -0.0800. The number of unbranched alkanes of at least 4 members (excludes halogenated alkanes) is 7. The largest absolute Gasteiger partial charge is 0.381 e. The average Bonchev–Trinajstić information content (AvgIpc) is 2.89. The van der Waals surface area contributed by atoms with Gasteiger partial charge >= 0.3 is 0 Å². The van der Waals surface area contributed by atoms with Crippen LogP contribution in [0, 0.1) is 5.41 Å². The molecule has 0 radical (unpaired) electrons. The van der Waals surface area contributed by atoms with Gasteiger partial charge in [0.05, 0.1) is 6.61 Å². The maximum absolute atomic E-state index is 5.64. The highest BCUT2D eigenvalue weighted by Gasteiger charge is 2.33. The minimum absolute atomic E-state index is 0.457. The summed E-state index contributed by atoms with van der Waals surface area (Å²) in [4.78, 5) is 0. The highest BCUT2D eigenvalue weighted by atomic mass is 16.5. The van der Waals surface area contributed by atoms with E-state index in [9.17, 15) is 0 Å². The van der Waals surface area contributed by atoms with Crippen LogP contribution in [-0.2, 0) is 4.74 Å². The molecule has 1 saturated heterocycles. The van der Waals surface area contributed by atoms with Crippen LogP contribution in [0.1, 0.15) is 78.1 Å². The lowest BCUT2D eigenvalue weighted by molar-refractivity contribution is 0.142. The van der Waals surface area contributed by atoms with Crippen LogP contribution in [0.3, 0.4) is 0 Å². The van der Waals surface area contributed by atoms with Crippen LogP contribution >= 0.6 is 0 Å². The van der Waals surface area contributed by atoms with Gasteiger partial charge in [-0.15, -0.1) is 0 Å². The summed E-state index contributed by atoms with van der Waals surface area (Å²) in [5.74, 6) is 0. The Labute approximate surface area is 120 Å². The minimum atomic E-state index is 0.457. The van der Waals surface area contributed by atoms with E-state index in [-0.39, 0.29) is 0 Å². The Bertz CT molecular complexity index is 199. The third-order valence-electron chi connectivity index (χ3n) is 4.50. The number of hydrogen-bond acceptors (Lipinski definition) is 2. The smallest absolute Gasteiger partial charge is 0.0535 e. The molecule has 2 heteroatoms. The van der Waals surface area contributed by atoms with Crippen molar-refractivity contribution in [2.75, 3.05) is 26.3 Å². The first-order valence-electron chi connectivity index (χ1n) is 8.61. The van der Waals surface area contributed by atoms with Gasteiger partial charge in [0.1, 0.15) is 0 Å². The molecule has 0 spiro atoms. The van der Waals surface area contributed by atoms with Crippen molar-refractivity contribution in [2.45, 2.75) is 78.1 Å². The van der Waals surface area contributed by atoms with E-state index in [1.54, 1.807) is 0 Å². The van der Waals surface area contributed by atoms with Gasteiger partial charge in [-0.3, -0.25) is 0 Å². The Morgan fingerprint density at radius 1 is 0.947 bits per heavy atom. The molecule has 0 bridgehead atoms. The molecule has 0 amide bonds. The van der Waals surface area contributed by atoms with Gasteiger partial charge in [0.2, 0.25) is 0 Å². The Balaban J connectivity index is 2.02. The highest BCUT2D eigenvalue weighted by molar-refractivity contribution is 4.85. The molecule has 1 N–H and O–H groups in total. The molecule has 1 aliphatic heterocycles. The molecule has 1 aliphatic rings. The van der Waals surface area contributed by atoms with E-state index < -0.39 is 0 Å². The van der Waals surface area contributed by atoms with Crippen LogP contribution in [0.2, 0.25) is 0 Å². The molecule has 0 aromatic heterocycles. The average molecular weight is 269 g/mol. The van der Waals surface area contributed by atoms with E-state index in [0.29, 0.717) is 5.41 Å². The van der Waals surface area contributed by atoms with Crippen molar-refractivity contribution in [1.82, 2.24) is 5.32 Å². The molecule has 0 saturated carbocycles. The molecular weight excluding hydrogens is 234 g/mol. The fraction of sp³-hybridized carbons (Fsp3) is 1.00. The second kappa shape index (κ2) is 10.7. The molecule has 1 fully saturated rings. The van der Waals surface area contributed by atoms with Crippen LogP contribution in [0.4, 0.5) is 0 Å². The molecule has 0 aromatic carbocycles. The van der Waals surface area contributed by atoms with Crippen molar-refractivity contribution in [3.8, 4) is 0 Å². The Kier molecular flexibility index (Phi) is 9.54. The van der Waals surface area contributed by atoms with E-state index in [2.05, 4.69) is 19.2 Å². The summed E-state index contributed by atoms with van der Waals surface area (Å²) in [5, 5.41) is 3.53. The summed E-state index contributed by atoms with van der Waals surface area (Å²) in [7, 11) is 0. The fourth-order valence-electron chi connectivity index (χ4n) is 3.10. The SMILES string of the molecule is CCCCCCCCCCC1(CNCC)CCOC1. The lowest BCUT2D eigenvalue weighted by Gasteiger charge is -2.27. The molecule has 19 heavy (non-hydrogen) atoms. The van der Waals surface area contributed by atoms with Crippen LogP contribution in [-0.4, -0.2) is 26.3 Å². The molecule has 1 unspecified atom stereocenters. The Morgan fingerprint density at radius 2 is 1.63 bits per heavy atom. The minimum Gasteiger partial charge on any atom is -0.381 e. The topological polar surface area (TPSA) is 21.3 Å². The van der Waals surface area contributed by atoms with Gasteiger partial charge in [-0.1, -0.05) is 65.2 Å². The lowest BCUT2D eigenvalue weighted by atomic mass is 9.81. The first kappa shape index (κ1) is 17.0. The van der Waals surface area contributed by atoms with Crippen molar-refractivity contribution in [3.63, 3.8) is 0 Å². The molecule has 1 atom stereocenters. The predicted molar refractivity (Wildman–Crippen MR) is 83.6 cm³/mol. The maximum atomic E-state index is 5.64. The zero-order valence-electron chi connectivity index (χ0n) is 13.3. The van der Waals surface area contributed by atoms with Crippen molar-refractivity contribution < 1.29 is 4.74 Å². The quantitative estimate of drug-likeness (QED) is 0.525. The molecule has 0 aromatic rings. The third kappa shape index (κ3) is 7.31. The molecule has 1 heterocycles. The summed E-state index contributed by atoms with van der Waals surface area (Å²) < 4.78 is 5.64. The van der Waals surface area contributed by atoms with Crippen molar-refractivity contribution in [2.24, 2.45) is 5.41 Å². The van der Waals surface area contributed by atoms with E-state index in [1.807, 2.05) is 0 Å². The van der Waals surface area contributed by atoms with Crippen LogP contribution in [0.15, 0.2) is 0 Å². The normalized spacial score (nSPS) is 23.1. The first-order chi connectivity index (χ1) is 9.33. The van der Waals surface area contributed by atoms with Crippen LogP contribution < -0.4 is 5.32 Å². The standard InChI is InChI=1S/C17H35NO/c1-3-5-6-7-8-9-10-11-12-17(15-18-4-2)13-14-19-16-17/h18H,3-16H2,1-2H3. The fourth-order valence-corrected chi connectivity index (χ4v) is 3.10. The van der Waals surface area contributed by atoms with E-state index in [1.165, 1.54) is 64.2 Å². The number of rotatable bonds is 12. The van der Waals surface area contributed by atoms with Crippen LogP contribution in [0.5, 0.6) is 0 Å². The molecule has 1 rings (SSSR count). The number of hydrogen-bond donors (Lipinski definition) is 1. The zero-order chi connectivity index (χ0) is 13.8. The summed E-state index contributed by atoms with van der Waals surface area (Å²) >= 11 is 0. The zero-order valence-corrected chi connectivity index (χ0v) is 13.3. The predicted octanol–water partition coefficient (Wildman–Crippen LogP) is 4.53. The second-order valence-electron chi connectivity index (χ2n) is 6.31. The monoisotopic (exact) mass is 269 g/mol. The molecule has 114 valence electrons. The van der Waals surface area contributed by atoms with E-state index in [0.717, 1.165) is 26.3 Å².